The van der Waals surface area contributed by atoms with Crippen LogP contribution in [0.4, 0.5) is 5.69 Å². The smallest absolute Gasteiger partial charge is 0.140 e. The van der Waals surface area contributed by atoms with E-state index in [-0.39, 0.29) is 0 Å². The van der Waals surface area contributed by atoms with Gasteiger partial charge in [0.25, 0.3) is 0 Å². The number of benzene rings is 2. The lowest BCUT2D eigenvalue weighted by molar-refractivity contribution is 0.518. The van der Waals surface area contributed by atoms with Crippen molar-refractivity contribution in [3.05, 3.63) is 72.7 Å². The van der Waals surface area contributed by atoms with Gasteiger partial charge in [-0.3, -0.25) is 0 Å². The Kier molecular flexibility index (Phi) is 3.12. The van der Waals surface area contributed by atoms with Crippen LogP contribution in [-0.4, -0.2) is 9.97 Å². The summed E-state index contributed by atoms with van der Waals surface area (Å²) in [6.45, 7) is 0.643. The standard InChI is InChI=1S/C18H15N3O/c1-2-8-15(19-12-13-6-5-11-22-13)14(7-1)18-20-16-9-3-4-10-17(16)21-18/h1-11,19H,12H2,(H,20,21). The number of aromatic amines is 1. The van der Waals surface area contributed by atoms with Gasteiger partial charge < -0.3 is 14.7 Å². The maximum absolute atomic E-state index is 5.36. The summed E-state index contributed by atoms with van der Waals surface area (Å²) in [5, 5.41) is 3.40. The van der Waals surface area contributed by atoms with Gasteiger partial charge in [0.05, 0.1) is 23.8 Å². The number of nitrogens with zero attached hydrogens (tertiary/aromatic N) is 1. The molecule has 4 rings (SSSR count). The Labute approximate surface area is 127 Å². The highest BCUT2D eigenvalue weighted by Gasteiger charge is 2.09. The molecule has 0 bridgehead atoms. The molecule has 0 unspecified atom stereocenters. The molecule has 4 aromatic rings. The predicted octanol–water partition coefficient (Wildman–Crippen LogP) is 4.44. The number of anilines is 1. The number of rotatable bonds is 4. The van der Waals surface area contributed by atoms with Crippen molar-refractivity contribution < 1.29 is 4.42 Å². The number of aromatic nitrogens is 2. The number of nitrogens with one attached hydrogen (secondary N) is 2. The first kappa shape index (κ1) is 12.7. The molecule has 2 N–H and O–H groups in total. The maximum Gasteiger partial charge on any atom is 0.140 e. The van der Waals surface area contributed by atoms with E-state index in [0.717, 1.165) is 33.9 Å². The zero-order valence-corrected chi connectivity index (χ0v) is 11.9. The van der Waals surface area contributed by atoms with Crippen molar-refractivity contribution in [2.75, 3.05) is 5.32 Å². The lowest BCUT2D eigenvalue weighted by Gasteiger charge is -2.09. The molecular formula is C18H15N3O. The lowest BCUT2D eigenvalue weighted by Crippen LogP contribution is -2.00. The summed E-state index contributed by atoms with van der Waals surface area (Å²) in [4.78, 5) is 8.04. The zero-order valence-electron chi connectivity index (χ0n) is 11.9. The molecule has 108 valence electrons. The maximum atomic E-state index is 5.36. The molecule has 0 aliphatic carbocycles. The molecule has 0 saturated carbocycles. The van der Waals surface area contributed by atoms with Crippen LogP contribution in [0.5, 0.6) is 0 Å². The number of hydrogen-bond acceptors (Lipinski definition) is 3. The van der Waals surface area contributed by atoms with Crippen molar-refractivity contribution in [3.63, 3.8) is 0 Å². The van der Waals surface area contributed by atoms with Gasteiger partial charge >= 0.3 is 0 Å². The molecule has 0 aliphatic heterocycles. The number of H-pyrrole nitrogens is 1. The average molecular weight is 289 g/mol. The van der Waals surface area contributed by atoms with Crippen LogP contribution in [0.25, 0.3) is 22.4 Å². The molecule has 0 atom stereocenters. The van der Waals surface area contributed by atoms with Gasteiger partial charge in [0.15, 0.2) is 0 Å². The van der Waals surface area contributed by atoms with E-state index in [1.54, 1.807) is 6.26 Å². The Balaban J connectivity index is 1.69. The SMILES string of the molecule is c1coc(CNc2ccccc2-c2nc3ccccc3[nH]2)c1. The van der Waals surface area contributed by atoms with E-state index in [4.69, 9.17) is 4.42 Å². The number of para-hydroxylation sites is 3. The van der Waals surface area contributed by atoms with Crippen LogP contribution >= 0.6 is 0 Å². The number of hydrogen-bond donors (Lipinski definition) is 2. The molecule has 0 aliphatic rings. The first-order valence-corrected chi connectivity index (χ1v) is 7.20. The molecule has 22 heavy (non-hydrogen) atoms. The highest BCUT2D eigenvalue weighted by atomic mass is 16.3. The molecular weight excluding hydrogens is 274 g/mol. The van der Waals surface area contributed by atoms with Crippen molar-refractivity contribution in [2.24, 2.45) is 0 Å². The minimum absolute atomic E-state index is 0.643. The summed E-state index contributed by atoms with van der Waals surface area (Å²) in [6, 6.07) is 20.0. The van der Waals surface area contributed by atoms with Crippen LogP contribution in [0, 0.1) is 0 Å². The second-order valence-corrected chi connectivity index (χ2v) is 5.08. The monoisotopic (exact) mass is 289 g/mol. The molecule has 0 spiro atoms. The van der Waals surface area contributed by atoms with Gasteiger partial charge in [-0.15, -0.1) is 0 Å². The highest BCUT2D eigenvalue weighted by Crippen LogP contribution is 2.27. The quantitative estimate of drug-likeness (QED) is 0.584. The molecule has 0 amide bonds. The fourth-order valence-electron chi connectivity index (χ4n) is 2.52. The molecule has 4 heteroatoms. The lowest BCUT2D eigenvalue weighted by atomic mass is 10.1. The van der Waals surface area contributed by atoms with Gasteiger partial charge in [0.1, 0.15) is 11.6 Å². The van der Waals surface area contributed by atoms with Crippen molar-refractivity contribution in [2.45, 2.75) is 6.54 Å². The second kappa shape index (κ2) is 5.41. The van der Waals surface area contributed by atoms with Gasteiger partial charge in [-0.1, -0.05) is 24.3 Å². The second-order valence-electron chi connectivity index (χ2n) is 5.08. The van der Waals surface area contributed by atoms with Crippen molar-refractivity contribution >= 4 is 16.7 Å². The number of fused-ring (bicyclic) bond motifs is 1. The summed E-state index contributed by atoms with van der Waals surface area (Å²) in [6.07, 6.45) is 1.68. The molecule has 2 heterocycles. The predicted molar refractivity (Wildman–Crippen MR) is 87.6 cm³/mol. The molecule has 4 nitrogen and oxygen atoms in total. The average Bonchev–Trinajstić information content (AvgIpc) is 3.22. The summed E-state index contributed by atoms with van der Waals surface area (Å²) >= 11 is 0. The van der Waals surface area contributed by atoms with Crippen LogP contribution in [0.2, 0.25) is 0 Å². The molecule has 0 radical (unpaired) electrons. The number of imidazole rings is 1. The van der Waals surface area contributed by atoms with Crippen LogP contribution < -0.4 is 5.32 Å². The van der Waals surface area contributed by atoms with Crippen LogP contribution in [0.1, 0.15) is 5.76 Å². The fourth-order valence-corrected chi connectivity index (χ4v) is 2.52. The van der Waals surface area contributed by atoms with Crippen molar-refractivity contribution in [1.82, 2.24) is 9.97 Å². The molecule has 2 aromatic carbocycles. The van der Waals surface area contributed by atoms with Gasteiger partial charge in [-0.25, -0.2) is 4.98 Å². The highest BCUT2D eigenvalue weighted by molar-refractivity contribution is 5.82. The van der Waals surface area contributed by atoms with E-state index < -0.39 is 0 Å². The third-order valence-corrected chi connectivity index (χ3v) is 3.60. The fraction of sp³-hybridized carbons (Fsp3) is 0.0556. The van der Waals surface area contributed by atoms with Crippen LogP contribution in [0.3, 0.4) is 0 Å². The zero-order chi connectivity index (χ0) is 14.8. The Morgan fingerprint density at radius 3 is 2.68 bits per heavy atom. The van der Waals surface area contributed by atoms with E-state index >= 15 is 0 Å². The third kappa shape index (κ3) is 2.35. The van der Waals surface area contributed by atoms with Crippen molar-refractivity contribution in [3.8, 4) is 11.4 Å². The first-order valence-electron chi connectivity index (χ1n) is 7.20. The molecule has 0 saturated heterocycles. The topological polar surface area (TPSA) is 53.9 Å². The Morgan fingerprint density at radius 1 is 0.955 bits per heavy atom. The molecule has 0 fully saturated rings. The summed E-state index contributed by atoms with van der Waals surface area (Å²) in [5.74, 6) is 1.77. The minimum atomic E-state index is 0.643. The number of furan rings is 1. The van der Waals surface area contributed by atoms with E-state index in [2.05, 4.69) is 21.4 Å². The summed E-state index contributed by atoms with van der Waals surface area (Å²) in [5.41, 5.74) is 4.08. The molecule has 2 aromatic heterocycles. The van der Waals surface area contributed by atoms with Gasteiger partial charge in [0, 0.05) is 11.3 Å². The van der Waals surface area contributed by atoms with E-state index in [9.17, 15) is 0 Å². The Hall–Kier alpha value is -3.01. The van der Waals surface area contributed by atoms with E-state index in [1.165, 1.54) is 0 Å². The minimum Gasteiger partial charge on any atom is -0.467 e. The van der Waals surface area contributed by atoms with Gasteiger partial charge in [-0.05, 0) is 36.4 Å². The van der Waals surface area contributed by atoms with Gasteiger partial charge in [0.2, 0.25) is 0 Å². The summed E-state index contributed by atoms with van der Waals surface area (Å²) in [7, 11) is 0. The third-order valence-electron chi connectivity index (χ3n) is 3.60. The van der Waals surface area contributed by atoms with Crippen molar-refractivity contribution in [1.29, 1.82) is 0 Å². The van der Waals surface area contributed by atoms with Crippen LogP contribution in [0.15, 0.2) is 71.3 Å². The first-order chi connectivity index (χ1) is 10.9. The van der Waals surface area contributed by atoms with E-state index in [0.29, 0.717) is 6.54 Å². The Bertz CT molecular complexity index is 861. The largest absolute Gasteiger partial charge is 0.467 e. The van der Waals surface area contributed by atoms with E-state index in [1.807, 2.05) is 54.6 Å². The Morgan fingerprint density at radius 2 is 1.82 bits per heavy atom. The van der Waals surface area contributed by atoms with Crippen LogP contribution in [-0.2, 0) is 6.54 Å². The van der Waals surface area contributed by atoms with Gasteiger partial charge in [-0.2, -0.15) is 0 Å². The normalized spacial score (nSPS) is 10.9. The summed E-state index contributed by atoms with van der Waals surface area (Å²) < 4.78 is 5.36.